The first-order valence-corrected chi connectivity index (χ1v) is 14.0. The summed E-state index contributed by atoms with van der Waals surface area (Å²) in [6, 6.07) is 20.2. The number of nitrogens with one attached hydrogen (secondary N) is 1. The zero-order chi connectivity index (χ0) is 27.8. The molecule has 0 bridgehead atoms. The molecule has 40 heavy (non-hydrogen) atoms. The molecule has 1 aliphatic carbocycles. The van der Waals surface area contributed by atoms with Gasteiger partial charge >= 0.3 is 0 Å². The van der Waals surface area contributed by atoms with E-state index in [0.29, 0.717) is 28.5 Å². The molecule has 7 nitrogen and oxygen atoms in total. The van der Waals surface area contributed by atoms with Gasteiger partial charge in [0.2, 0.25) is 11.8 Å². The van der Waals surface area contributed by atoms with Crippen molar-refractivity contribution in [2.45, 2.75) is 24.1 Å². The van der Waals surface area contributed by atoms with Crippen molar-refractivity contribution in [2.24, 2.45) is 0 Å². The Labute approximate surface area is 234 Å². The van der Waals surface area contributed by atoms with Crippen molar-refractivity contribution in [3.05, 3.63) is 95.6 Å². The van der Waals surface area contributed by atoms with E-state index in [1.54, 1.807) is 36.1 Å². The Hall–Kier alpha value is -4.18. The fourth-order valence-electron chi connectivity index (χ4n) is 4.84. The summed E-state index contributed by atoms with van der Waals surface area (Å²) < 4.78 is 36.2. The quantitative estimate of drug-likeness (QED) is 0.333. The van der Waals surface area contributed by atoms with Gasteiger partial charge in [-0.2, -0.15) is 5.10 Å². The summed E-state index contributed by atoms with van der Waals surface area (Å²) >= 11 is 1.23. The van der Waals surface area contributed by atoms with Crippen LogP contribution in [0.2, 0.25) is 0 Å². The Kier molecular flexibility index (Phi) is 7.02. The van der Waals surface area contributed by atoms with Crippen LogP contribution in [-0.2, 0) is 9.59 Å². The maximum Gasteiger partial charge on any atom is 0.240 e. The number of carbonyl (C=O) groups is 2. The lowest BCUT2D eigenvalue weighted by Gasteiger charge is -2.23. The van der Waals surface area contributed by atoms with Crippen LogP contribution >= 0.6 is 11.8 Å². The molecule has 1 fully saturated rings. The highest BCUT2D eigenvalue weighted by Crippen LogP contribution is 2.49. The van der Waals surface area contributed by atoms with Crippen LogP contribution in [0, 0.1) is 11.6 Å². The predicted molar refractivity (Wildman–Crippen MR) is 150 cm³/mol. The number of amides is 2. The first-order chi connectivity index (χ1) is 19.4. The topological polar surface area (TPSA) is 76.5 Å². The highest BCUT2D eigenvalue weighted by atomic mass is 32.2. The fraction of sp³-hybridized carbons (Fsp3) is 0.233. The lowest BCUT2D eigenvalue weighted by atomic mass is 9.99. The van der Waals surface area contributed by atoms with Crippen LogP contribution in [0.5, 0.6) is 5.75 Å². The SMILES string of the molecule is COc1ccc(-n2nc(-c3ccccc3)c3c2N(CC(=O)NC2CC2)C(=O)CSC3c2ccc(F)cc2F)cc1. The van der Waals surface area contributed by atoms with Crippen LogP contribution in [0.15, 0.2) is 72.8 Å². The Bertz CT molecular complexity index is 1570. The summed E-state index contributed by atoms with van der Waals surface area (Å²) in [5.41, 5.74) is 2.73. The molecule has 0 spiro atoms. The zero-order valence-corrected chi connectivity index (χ0v) is 22.5. The molecular weight excluding hydrogens is 534 g/mol. The lowest BCUT2D eigenvalue weighted by molar-refractivity contribution is -0.123. The molecule has 1 N–H and O–H groups in total. The third kappa shape index (κ3) is 5.06. The fourth-order valence-corrected chi connectivity index (χ4v) is 6.06. The lowest BCUT2D eigenvalue weighted by Crippen LogP contribution is -2.43. The number of ether oxygens (including phenoxy) is 1. The first-order valence-electron chi connectivity index (χ1n) is 12.9. The molecule has 1 aliphatic heterocycles. The van der Waals surface area contributed by atoms with E-state index in [1.165, 1.54) is 28.8 Å². The largest absolute Gasteiger partial charge is 0.497 e. The van der Waals surface area contributed by atoms with Crippen LogP contribution in [-0.4, -0.2) is 47.0 Å². The van der Waals surface area contributed by atoms with Crippen molar-refractivity contribution in [2.75, 3.05) is 24.3 Å². The van der Waals surface area contributed by atoms with E-state index < -0.39 is 16.9 Å². The summed E-state index contributed by atoms with van der Waals surface area (Å²) in [5, 5.41) is 7.22. The minimum Gasteiger partial charge on any atom is -0.497 e. The number of hydrogen-bond donors (Lipinski definition) is 1. The number of rotatable bonds is 7. The molecule has 1 saturated carbocycles. The molecule has 6 rings (SSSR count). The summed E-state index contributed by atoms with van der Waals surface area (Å²) in [7, 11) is 1.57. The van der Waals surface area contributed by atoms with Crippen LogP contribution in [0.3, 0.4) is 0 Å². The van der Waals surface area contributed by atoms with Crippen molar-refractivity contribution in [1.82, 2.24) is 15.1 Å². The summed E-state index contributed by atoms with van der Waals surface area (Å²) in [6.07, 6.45) is 1.82. The highest BCUT2D eigenvalue weighted by Gasteiger charge is 2.39. The van der Waals surface area contributed by atoms with Gasteiger partial charge in [0.05, 0.1) is 29.5 Å². The second-order valence-corrected chi connectivity index (χ2v) is 10.8. The number of aromatic nitrogens is 2. The first kappa shape index (κ1) is 26.1. The number of methoxy groups -OCH3 is 1. The molecular formula is C30H26F2N4O3S. The molecule has 0 radical (unpaired) electrons. The van der Waals surface area contributed by atoms with Gasteiger partial charge in [0, 0.05) is 28.8 Å². The van der Waals surface area contributed by atoms with E-state index in [-0.39, 0.29) is 35.7 Å². The molecule has 10 heteroatoms. The predicted octanol–water partition coefficient (Wildman–Crippen LogP) is 5.27. The normalized spacial score (nSPS) is 16.8. The van der Waals surface area contributed by atoms with Gasteiger partial charge in [-0.15, -0.1) is 11.8 Å². The van der Waals surface area contributed by atoms with Crippen molar-refractivity contribution in [3.63, 3.8) is 0 Å². The van der Waals surface area contributed by atoms with Gasteiger partial charge < -0.3 is 10.1 Å². The van der Waals surface area contributed by atoms with E-state index in [2.05, 4.69) is 5.32 Å². The van der Waals surface area contributed by atoms with Gasteiger partial charge in [-0.1, -0.05) is 36.4 Å². The average Bonchev–Trinajstić information content (AvgIpc) is 3.71. The van der Waals surface area contributed by atoms with E-state index in [0.717, 1.165) is 24.5 Å². The molecule has 1 unspecified atom stereocenters. The van der Waals surface area contributed by atoms with E-state index >= 15 is 4.39 Å². The maximum atomic E-state index is 15.3. The highest BCUT2D eigenvalue weighted by molar-refractivity contribution is 8.00. The van der Waals surface area contributed by atoms with Gasteiger partial charge in [0.15, 0.2) is 0 Å². The number of carbonyl (C=O) groups excluding carboxylic acids is 2. The molecule has 3 aromatic carbocycles. The minimum absolute atomic E-state index is 0.0102. The monoisotopic (exact) mass is 560 g/mol. The van der Waals surface area contributed by atoms with Crippen LogP contribution in [0.25, 0.3) is 16.9 Å². The number of nitrogens with zero attached hydrogens (tertiary/aromatic N) is 3. The molecule has 1 aromatic heterocycles. The average molecular weight is 561 g/mol. The standard InChI is InChI=1S/C30H26F2N4O3S/c1-39-22-12-10-21(11-13-22)36-30-27(28(34-36)18-5-3-2-4-6-18)29(23-14-7-19(31)15-24(23)32)40-17-26(38)35(30)16-25(37)33-20-8-9-20/h2-7,10-15,20,29H,8-9,16-17H2,1H3,(H,33,37). The van der Waals surface area contributed by atoms with Crippen molar-refractivity contribution in [3.8, 4) is 22.7 Å². The second kappa shape index (κ2) is 10.8. The molecule has 2 amide bonds. The zero-order valence-electron chi connectivity index (χ0n) is 21.6. The van der Waals surface area contributed by atoms with E-state index in [1.807, 2.05) is 30.3 Å². The van der Waals surface area contributed by atoms with Gasteiger partial charge in [-0.3, -0.25) is 14.5 Å². The Morgan fingerprint density at radius 2 is 1.82 bits per heavy atom. The number of anilines is 1. The molecule has 1 atom stereocenters. The van der Waals surface area contributed by atoms with E-state index in [4.69, 9.17) is 9.84 Å². The minimum atomic E-state index is -0.716. The number of fused-ring (bicyclic) bond motifs is 1. The Morgan fingerprint density at radius 3 is 2.50 bits per heavy atom. The third-order valence-corrected chi connectivity index (χ3v) is 8.18. The van der Waals surface area contributed by atoms with Crippen molar-refractivity contribution >= 4 is 29.4 Å². The molecule has 2 aliphatic rings. The number of thioether (sulfide) groups is 1. The van der Waals surface area contributed by atoms with Gasteiger partial charge in [-0.25, -0.2) is 13.5 Å². The molecule has 4 aromatic rings. The summed E-state index contributed by atoms with van der Waals surface area (Å²) in [5.74, 6) is -0.983. The van der Waals surface area contributed by atoms with Crippen molar-refractivity contribution in [1.29, 1.82) is 0 Å². The van der Waals surface area contributed by atoms with Gasteiger partial charge in [-0.05, 0) is 43.2 Å². The van der Waals surface area contributed by atoms with Gasteiger partial charge in [0.1, 0.15) is 29.7 Å². The van der Waals surface area contributed by atoms with Crippen molar-refractivity contribution < 1.29 is 23.1 Å². The maximum absolute atomic E-state index is 15.3. The van der Waals surface area contributed by atoms with E-state index in [9.17, 15) is 14.0 Å². The number of hydrogen-bond acceptors (Lipinski definition) is 5. The second-order valence-electron chi connectivity index (χ2n) is 9.74. The third-order valence-electron chi connectivity index (χ3n) is 6.94. The smallest absolute Gasteiger partial charge is 0.240 e. The van der Waals surface area contributed by atoms with Crippen LogP contribution in [0.4, 0.5) is 14.6 Å². The van der Waals surface area contributed by atoms with Gasteiger partial charge in [0.25, 0.3) is 0 Å². The van der Waals surface area contributed by atoms with Crippen LogP contribution < -0.4 is 15.0 Å². The summed E-state index contributed by atoms with van der Waals surface area (Å²) in [4.78, 5) is 28.1. The molecule has 0 saturated heterocycles. The Morgan fingerprint density at radius 1 is 1.07 bits per heavy atom. The number of benzene rings is 3. The number of halogens is 2. The molecule has 2 heterocycles. The Balaban J connectivity index is 1.60. The van der Waals surface area contributed by atoms with Crippen LogP contribution in [0.1, 0.15) is 29.2 Å². The summed E-state index contributed by atoms with van der Waals surface area (Å²) in [6.45, 7) is -0.211. The molecule has 204 valence electrons.